The summed E-state index contributed by atoms with van der Waals surface area (Å²) in [7, 11) is 0. The third-order valence-electron chi connectivity index (χ3n) is 5.67. The van der Waals surface area contributed by atoms with Crippen molar-refractivity contribution in [2.75, 3.05) is 18.0 Å². The van der Waals surface area contributed by atoms with Crippen LogP contribution in [0, 0.1) is 38.0 Å². The first-order chi connectivity index (χ1) is 13.4. The zero-order valence-corrected chi connectivity index (χ0v) is 17.8. The predicted octanol–water partition coefficient (Wildman–Crippen LogP) is 6.00. The van der Waals surface area contributed by atoms with Crippen molar-refractivity contribution < 1.29 is 0 Å². The quantitative estimate of drug-likeness (QED) is 0.518. The fourth-order valence-corrected chi connectivity index (χ4v) is 4.67. The van der Waals surface area contributed by atoms with E-state index in [1.54, 1.807) is 6.07 Å². The number of aromatic nitrogens is 2. The van der Waals surface area contributed by atoms with Crippen LogP contribution in [0.1, 0.15) is 29.8 Å². The molecule has 1 saturated heterocycles. The van der Waals surface area contributed by atoms with E-state index in [1.165, 1.54) is 5.56 Å². The second kappa shape index (κ2) is 7.31. The van der Waals surface area contributed by atoms with Crippen LogP contribution in [0.3, 0.4) is 0 Å². The molecular weight excluding hydrogens is 391 g/mol. The fraction of sp³-hybridized carbons (Fsp3) is 0.364. The second-order valence-corrected chi connectivity index (χ2v) is 8.38. The zero-order chi connectivity index (χ0) is 20.0. The molecule has 144 valence electrons. The zero-order valence-electron chi connectivity index (χ0n) is 16.3. The van der Waals surface area contributed by atoms with Crippen LogP contribution in [0.5, 0.6) is 0 Å². The minimum atomic E-state index is 0.0754. The number of anilines is 1. The molecule has 0 N–H and O–H groups in total. The molecule has 0 aliphatic carbocycles. The summed E-state index contributed by atoms with van der Waals surface area (Å²) in [6.07, 6.45) is 2.00. The molecule has 0 radical (unpaired) electrons. The summed E-state index contributed by atoms with van der Waals surface area (Å²) in [5.41, 5.74) is 6.17. The average Bonchev–Trinajstić information content (AvgIpc) is 2.92. The van der Waals surface area contributed by atoms with Crippen LogP contribution < -0.4 is 4.90 Å². The van der Waals surface area contributed by atoms with Gasteiger partial charge in [-0.25, -0.2) is 4.98 Å². The number of aryl methyl sites for hydroxylation is 2. The minimum Gasteiger partial charge on any atom is -0.370 e. The Kier molecular flexibility index (Phi) is 4.99. The highest BCUT2D eigenvalue weighted by molar-refractivity contribution is 6.35. The van der Waals surface area contributed by atoms with Gasteiger partial charge in [0.05, 0.1) is 22.7 Å². The maximum atomic E-state index is 9.41. The number of rotatable bonds is 2. The van der Waals surface area contributed by atoms with E-state index in [2.05, 4.69) is 35.5 Å². The van der Waals surface area contributed by atoms with Gasteiger partial charge in [0.25, 0.3) is 0 Å². The van der Waals surface area contributed by atoms with Gasteiger partial charge in [-0.2, -0.15) is 5.26 Å². The molecule has 2 aromatic heterocycles. The van der Waals surface area contributed by atoms with Crippen molar-refractivity contribution in [3.63, 3.8) is 0 Å². The number of benzene rings is 1. The van der Waals surface area contributed by atoms with Crippen LogP contribution in [-0.2, 0) is 0 Å². The van der Waals surface area contributed by atoms with Gasteiger partial charge >= 0.3 is 0 Å². The third kappa shape index (κ3) is 3.13. The average molecular weight is 413 g/mol. The molecule has 1 aliphatic rings. The van der Waals surface area contributed by atoms with Gasteiger partial charge < -0.3 is 4.90 Å². The highest BCUT2D eigenvalue weighted by Crippen LogP contribution is 2.38. The van der Waals surface area contributed by atoms with Crippen LogP contribution in [0.15, 0.2) is 24.3 Å². The minimum absolute atomic E-state index is 0.0754. The number of halogens is 2. The van der Waals surface area contributed by atoms with E-state index in [0.29, 0.717) is 10.0 Å². The van der Waals surface area contributed by atoms with Crippen molar-refractivity contribution >= 4 is 39.9 Å². The lowest BCUT2D eigenvalue weighted by atomic mass is 9.98. The summed E-state index contributed by atoms with van der Waals surface area (Å²) >= 11 is 12.6. The second-order valence-electron chi connectivity index (χ2n) is 7.54. The van der Waals surface area contributed by atoms with Gasteiger partial charge in [0.1, 0.15) is 5.65 Å². The molecule has 1 atom stereocenters. The lowest BCUT2D eigenvalue weighted by molar-refractivity contribution is 0.494. The van der Waals surface area contributed by atoms with Crippen molar-refractivity contribution in [1.82, 2.24) is 9.55 Å². The monoisotopic (exact) mass is 412 g/mol. The third-order valence-corrected chi connectivity index (χ3v) is 6.21. The van der Waals surface area contributed by atoms with Crippen molar-refractivity contribution in [3.05, 3.63) is 51.3 Å². The van der Waals surface area contributed by atoms with Gasteiger partial charge in [-0.1, -0.05) is 23.2 Å². The molecule has 1 aliphatic heterocycles. The number of hydrogen-bond acceptors (Lipinski definition) is 3. The molecule has 0 saturated carbocycles. The summed E-state index contributed by atoms with van der Waals surface area (Å²) in [6, 6.07) is 10.1. The van der Waals surface area contributed by atoms with Crippen LogP contribution in [-0.4, -0.2) is 22.6 Å². The Labute approximate surface area is 175 Å². The smallest absolute Gasteiger partial charge is 0.147 e. The number of hydrogen-bond donors (Lipinski definition) is 0. The summed E-state index contributed by atoms with van der Waals surface area (Å²) in [4.78, 5) is 7.21. The van der Waals surface area contributed by atoms with Gasteiger partial charge in [-0.3, -0.25) is 4.57 Å². The molecule has 1 fully saturated rings. The lowest BCUT2D eigenvalue weighted by Crippen LogP contribution is -2.35. The van der Waals surface area contributed by atoms with Crippen LogP contribution in [0.25, 0.3) is 16.7 Å². The summed E-state index contributed by atoms with van der Waals surface area (Å²) in [5, 5.41) is 11.8. The first kappa shape index (κ1) is 19.1. The van der Waals surface area contributed by atoms with E-state index in [9.17, 15) is 5.26 Å². The first-order valence-electron chi connectivity index (χ1n) is 9.50. The van der Waals surface area contributed by atoms with E-state index in [0.717, 1.165) is 59.7 Å². The molecule has 1 aromatic carbocycles. The normalized spacial score (nSPS) is 17.1. The Balaban J connectivity index is 1.97. The maximum absolute atomic E-state index is 9.41. The number of nitriles is 1. The predicted molar refractivity (Wildman–Crippen MR) is 116 cm³/mol. The summed E-state index contributed by atoms with van der Waals surface area (Å²) in [6.45, 7) is 7.96. The van der Waals surface area contributed by atoms with E-state index in [4.69, 9.17) is 28.2 Å². The van der Waals surface area contributed by atoms with Gasteiger partial charge in [-0.15, -0.1) is 0 Å². The van der Waals surface area contributed by atoms with Crippen molar-refractivity contribution in [2.45, 2.75) is 33.6 Å². The highest BCUT2D eigenvalue weighted by Gasteiger charge is 2.25. The Morgan fingerprint density at radius 2 is 1.93 bits per heavy atom. The fourth-order valence-electron chi connectivity index (χ4n) is 4.18. The molecule has 0 amide bonds. The largest absolute Gasteiger partial charge is 0.370 e. The SMILES string of the molecule is Cc1cc(N2CCC[C@H](C#N)C2)c2c(C)c(C)n(-c3ccc(Cl)cc3Cl)c2n1. The molecule has 3 aromatic rings. The van der Waals surface area contributed by atoms with Gasteiger partial charge in [-0.05, 0) is 63.4 Å². The number of fused-ring (bicyclic) bond motifs is 1. The Bertz CT molecular complexity index is 1110. The van der Waals surface area contributed by atoms with Gasteiger partial charge in [0.15, 0.2) is 0 Å². The molecule has 0 bridgehead atoms. The molecule has 0 unspecified atom stereocenters. The van der Waals surface area contributed by atoms with Crippen LogP contribution >= 0.6 is 23.2 Å². The van der Waals surface area contributed by atoms with E-state index < -0.39 is 0 Å². The molecule has 4 rings (SSSR count). The number of nitrogens with zero attached hydrogens (tertiary/aromatic N) is 4. The van der Waals surface area contributed by atoms with Crippen LogP contribution in [0.2, 0.25) is 10.0 Å². The molecule has 0 spiro atoms. The van der Waals surface area contributed by atoms with Gasteiger partial charge in [0.2, 0.25) is 0 Å². The molecule has 28 heavy (non-hydrogen) atoms. The molecule has 3 heterocycles. The molecule has 4 nitrogen and oxygen atoms in total. The topological polar surface area (TPSA) is 44.9 Å². The van der Waals surface area contributed by atoms with E-state index >= 15 is 0 Å². The molecular formula is C22H22Cl2N4. The van der Waals surface area contributed by atoms with Crippen molar-refractivity contribution in [1.29, 1.82) is 5.26 Å². The van der Waals surface area contributed by atoms with Crippen molar-refractivity contribution in [2.24, 2.45) is 5.92 Å². The molecule has 6 heteroatoms. The maximum Gasteiger partial charge on any atom is 0.147 e. The number of pyridine rings is 1. The first-order valence-corrected chi connectivity index (χ1v) is 10.3. The highest BCUT2D eigenvalue weighted by atomic mass is 35.5. The Morgan fingerprint density at radius 1 is 1.14 bits per heavy atom. The number of piperidine rings is 1. The van der Waals surface area contributed by atoms with Crippen LogP contribution in [0.4, 0.5) is 5.69 Å². The van der Waals surface area contributed by atoms with E-state index in [1.807, 2.05) is 19.1 Å². The standard InChI is InChI=1S/C22H22Cl2N4/c1-13-9-20(27-8-4-5-16(11-25)12-27)21-14(2)15(3)28(22(21)26-13)19-7-6-17(23)10-18(19)24/h6-7,9-10,16H,4-5,8,12H2,1-3H3/t16-/m1/s1. The van der Waals surface area contributed by atoms with E-state index in [-0.39, 0.29) is 5.92 Å². The van der Waals surface area contributed by atoms with Crippen molar-refractivity contribution in [3.8, 4) is 11.8 Å². The Morgan fingerprint density at radius 3 is 2.64 bits per heavy atom. The summed E-state index contributed by atoms with van der Waals surface area (Å²) in [5.74, 6) is 0.0754. The lowest BCUT2D eigenvalue weighted by Gasteiger charge is -2.32. The van der Waals surface area contributed by atoms with Gasteiger partial charge in [0, 0.05) is 40.6 Å². The summed E-state index contributed by atoms with van der Waals surface area (Å²) < 4.78 is 2.12. The Hall–Kier alpha value is -2.22.